The molecule has 2 heterocycles. The van der Waals surface area contributed by atoms with Crippen LogP contribution in [-0.4, -0.2) is 16.8 Å². The van der Waals surface area contributed by atoms with E-state index in [-0.39, 0.29) is 18.1 Å². The molecule has 8 heteroatoms. The van der Waals surface area contributed by atoms with Crippen LogP contribution in [-0.2, 0) is 17.6 Å². The summed E-state index contributed by atoms with van der Waals surface area (Å²) in [5.74, 6) is -0.413. The number of hydrogen-bond acceptors (Lipinski definition) is 6. The van der Waals surface area contributed by atoms with Gasteiger partial charge in [-0.2, -0.15) is 5.26 Å². The summed E-state index contributed by atoms with van der Waals surface area (Å²) in [5, 5.41) is 16.2. The average molecular weight is 366 g/mol. The summed E-state index contributed by atoms with van der Waals surface area (Å²) in [4.78, 5) is 28.2. The Kier molecular flexibility index (Phi) is 5.41. The van der Waals surface area contributed by atoms with E-state index in [4.69, 9.17) is 9.68 Å². The Hall–Kier alpha value is -3.44. The van der Waals surface area contributed by atoms with Gasteiger partial charge in [-0.15, -0.1) is 11.3 Å². The molecular weight excluding hydrogens is 352 g/mol. The lowest BCUT2D eigenvalue weighted by Crippen LogP contribution is -2.15. The van der Waals surface area contributed by atoms with Gasteiger partial charge >= 0.3 is 0 Å². The fourth-order valence-corrected chi connectivity index (χ4v) is 2.88. The fourth-order valence-electron chi connectivity index (χ4n) is 2.18. The number of thiazole rings is 1. The summed E-state index contributed by atoms with van der Waals surface area (Å²) >= 11 is 1.24. The van der Waals surface area contributed by atoms with Gasteiger partial charge in [0, 0.05) is 11.1 Å². The van der Waals surface area contributed by atoms with Crippen LogP contribution in [0.15, 0.2) is 52.5 Å². The van der Waals surface area contributed by atoms with Gasteiger partial charge in [-0.1, -0.05) is 12.1 Å². The lowest BCUT2D eigenvalue weighted by molar-refractivity contribution is -0.115. The molecule has 1 aromatic carbocycles. The van der Waals surface area contributed by atoms with Crippen LogP contribution in [0.25, 0.3) is 0 Å². The van der Waals surface area contributed by atoms with Crippen molar-refractivity contribution in [2.75, 3.05) is 10.6 Å². The first-order valence-electron chi connectivity index (χ1n) is 7.69. The van der Waals surface area contributed by atoms with Gasteiger partial charge in [-0.3, -0.25) is 14.9 Å². The number of nitriles is 1. The highest BCUT2D eigenvalue weighted by atomic mass is 32.1. The number of nitrogens with one attached hydrogen (secondary N) is 2. The quantitative estimate of drug-likeness (QED) is 0.696. The molecule has 0 fully saturated rings. The standard InChI is InChI=1S/C18H14N4O3S/c19-8-7-12-3-5-13(6-4-12)20-16(23)10-14-11-26-18(21-14)22-17(24)15-2-1-9-25-15/h1-6,9,11H,7,10H2,(H,20,23)(H,21,22,24). The zero-order chi connectivity index (χ0) is 18.4. The number of anilines is 2. The molecule has 7 nitrogen and oxygen atoms in total. The highest BCUT2D eigenvalue weighted by Gasteiger charge is 2.13. The third kappa shape index (κ3) is 4.55. The normalized spacial score (nSPS) is 10.1. The number of aromatic nitrogens is 1. The average Bonchev–Trinajstić information content (AvgIpc) is 3.29. The van der Waals surface area contributed by atoms with E-state index >= 15 is 0 Å². The van der Waals surface area contributed by atoms with Gasteiger partial charge in [0.15, 0.2) is 10.9 Å². The summed E-state index contributed by atoms with van der Waals surface area (Å²) in [6, 6.07) is 12.3. The molecule has 0 unspecified atom stereocenters. The molecule has 0 aliphatic rings. The third-order valence-electron chi connectivity index (χ3n) is 3.38. The van der Waals surface area contributed by atoms with Crippen molar-refractivity contribution in [3.8, 4) is 6.07 Å². The van der Waals surface area contributed by atoms with Crippen LogP contribution >= 0.6 is 11.3 Å². The lowest BCUT2D eigenvalue weighted by atomic mass is 10.1. The minimum Gasteiger partial charge on any atom is -0.459 e. The predicted octanol–water partition coefficient (Wildman–Crippen LogP) is 3.24. The topological polar surface area (TPSA) is 108 Å². The van der Waals surface area contributed by atoms with E-state index in [1.165, 1.54) is 17.6 Å². The molecule has 0 saturated carbocycles. The zero-order valence-electron chi connectivity index (χ0n) is 13.6. The summed E-state index contributed by atoms with van der Waals surface area (Å²) in [6.07, 6.45) is 1.84. The van der Waals surface area contributed by atoms with Gasteiger partial charge < -0.3 is 9.73 Å². The highest BCUT2D eigenvalue weighted by molar-refractivity contribution is 7.14. The smallest absolute Gasteiger partial charge is 0.293 e. The molecule has 0 spiro atoms. The van der Waals surface area contributed by atoms with Crippen LogP contribution < -0.4 is 10.6 Å². The number of amides is 2. The molecule has 2 aromatic heterocycles. The Bertz CT molecular complexity index is 940. The number of nitrogens with zero attached hydrogens (tertiary/aromatic N) is 2. The predicted molar refractivity (Wildman–Crippen MR) is 96.9 cm³/mol. The lowest BCUT2D eigenvalue weighted by Gasteiger charge is -2.04. The van der Waals surface area contributed by atoms with Gasteiger partial charge in [0.2, 0.25) is 5.91 Å². The first kappa shape index (κ1) is 17.4. The molecule has 0 aliphatic heterocycles. The largest absolute Gasteiger partial charge is 0.459 e. The van der Waals surface area contributed by atoms with Gasteiger partial charge in [0.05, 0.1) is 30.9 Å². The second-order valence-corrected chi connectivity index (χ2v) is 6.19. The number of carbonyl (C=O) groups excluding carboxylic acids is 2. The van der Waals surface area contributed by atoms with Crippen LogP contribution in [0.3, 0.4) is 0 Å². The Balaban J connectivity index is 1.54. The molecule has 0 atom stereocenters. The number of benzene rings is 1. The molecule has 2 N–H and O–H groups in total. The second-order valence-electron chi connectivity index (χ2n) is 5.33. The minimum absolute atomic E-state index is 0.0903. The first-order valence-corrected chi connectivity index (χ1v) is 8.57. The van der Waals surface area contributed by atoms with Crippen molar-refractivity contribution in [2.24, 2.45) is 0 Å². The second kappa shape index (κ2) is 8.09. The SMILES string of the molecule is N#CCc1ccc(NC(=O)Cc2csc(NC(=O)c3ccco3)n2)cc1. The molecular formula is C18H14N4O3S. The van der Waals surface area contributed by atoms with Crippen molar-refractivity contribution in [1.29, 1.82) is 5.26 Å². The molecule has 26 heavy (non-hydrogen) atoms. The van der Waals surface area contributed by atoms with E-state index in [1.807, 2.05) is 0 Å². The van der Waals surface area contributed by atoms with Gasteiger partial charge in [-0.25, -0.2) is 4.98 Å². The Morgan fingerprint density at radius 2 is 2.00 bits per heavy atom. The van der Waals surface area contributed by atoms with Crippen molar-refractivity contribution >= 4 is 34.0 Å². The number of hydrogen-bond donors (Lipinski definition) is 2. The zero-order valence-corrected chi connectivity index (χ0v) is 14.4. The van der Waals surface area contributed by atoms with Crippen LogP contribution in [0, 0.1) is 11.3 Å². The minimum atomic E-state index is -0.391. The van der Waals surface area contributed by atoms with Gasteiger partial charge in [0.25, 0.3) is 5.91 Å². The van der Waals surface area contributed by atoms with Crippen LogP contribution in [0.5, 0.6) is 0 Å². The molecule has 3 aromatic rings. The number of furan rings is 1. The van der Waals surface area contributed by atoms with E-state index in [9.17, 15) is 9.59 Å². The molecule has 0 saturated heterocycles. The summed E-state index contributed by atoms with van der Waals surface area (Å²) in [5.41, 5.74) is 2.10. The van der Waals surface area contributed by atoms with Gasteiger partial charge in [-0.05, 0) is 29.8 Å². The van der Waals surface area contributed by atoms with Crippen LogP contribution in [0.1, 0.15) is 21.8 Å². The van der Waals surface area contributed by atoms with Crippen LogP contribution in [0.4, 0.5) is 10.8 Å². The fraction of sp³-hybridized carbons (Fsp3) is 0.111. The monoisotopic (exact) mass is 366 g/mol. The summed E-state index contributed by atoms with van der Waals surface area (Å²) in [7, 11) is 0. The molecule has 0 aliphatic carbocycles. The molecule has 3 rings (SSSR count). The Morgan fingerprint density at radius 3 is 2.69 bits per heavy atom. The van der Waals surface area contributed by atoms with Crippen molar-refractivity contribution < 1.29 is 14.0 Å². The Morgan fingerprint density at radius 1 is 1.19 bits per heavy atom. The summed E-state index contributed by atoms with van der Waals surface area (Å²) in [6.45, 7) is 0. The van der Waals surface area contributed by atoms with Crippen molar-refractivity contribution in [3.63, 3.8) is 0 Å². The first-order chi connectivity index (χ1) is 12.6. The number of rotatable bonds is 6. The maximum Gasteiger partial charge on any atom is 0.293 e. The third-order valence-corrected chi connectivity index (χ3v) is 4.19. The highest BCUT2D eigenvalue weighted by Crippen LogP contribution is 2.18. The van der Waals surface area contributed by atoms with E-state index in [0.29, 0.717) is 22.9 Å². The molecule has 0 bridgehead atoms. The van der Waals surface area contributed by atoms with Crippen molar-refractivity contribution in [1.82, 2.24) is 4.98 Å². The molecule has 2 amide bonds. The van der Waals surface area contributed by atoms with Crippen molar-refractivity contribution in [3.05, 3.63) is 65.1 Å². The number of carbonyl (C=O) groups is 2. The van der Waals surface area contributed by atoms with E-state index in [1.54, 1.807) is 41.8 Å². The maximum atomic E-state index is 12.1. The molecule has 0 radical (unpaired) electrons. The van der Waals surface area contributed by atoms with E-state index < -0.39 is 5.91 Å². The van der Waals surface area contributed by atoms with Crippen LogP contribution in [0.2, 0.25) is 0 Å². The van der Waals surface area contributed by atoms with E-state index in [2.05, 4.69) is 21.7 Å². The Labute approximate surface area is 153 Å². The van der Waals surface area contributed by atoms with E-state index in [0.717, 1.165) is 5.56 Å². The maximum absolute atomic E-state index is 12.1. The summed E-state index contributed by atoms with van der Waals surface area (Å²) < 4.78 is 5.01. The molecule has 130 valence electrons. The van der Waals surface area contributed by atoms with Gasteiger partial charge in [0.1, 0.15) is 0 Å². The van der Waals surface area contributed by atoms with Crippen molar-refractivity contribution in [2.45, 2.75) is 12.8 Å².